The molecule has 2 N–H and O–H groups in total. The summed E-state index contributed by atoms with van der Waals surface area (Å²) in [5.41, 5.74) is 0. The van der Waals surface area contributed by atoms with Crippen LogP contribution in [0.25, 0.3) is 0 Å². The van der Waals surface area contributed by atoms with Crippen LogP contribution in [0.5, 0.6) is 0 Å². The number of urea groups is 1. The maximum absolute atomic E-state index is 11.2. The normalized spacial score (nSPS) is 11.9. The van der Waals surface area contributed by atoms with Crippen molar-refractivity contribution < 1.29 is 19.1 Å². The summed E-state index contributed by atoms with van der Waals surface area (Å²) in [6, 6.07) is -0.521. The van der Waals surface area contributed by atoms with Crippen molar-refractivity contribution in [3.05, 3.63) is 0 Å². The maximum Gasteiger partial charge on any atom is 0.321 e. The molecular formula is C11H21ClN2O4. The third kappa shape index (κ3) is 10.3. The third-order valence-electron chi connectivity index (χ3n) is 2.03. The number of alkyl halides is 1. The second-order valence-corrected chi connectivity index (χ2v) is 4.33. The second-order valence-electron chi connectivity index (χ2n) is 3.67. The van der Waals surface area contributed by atoms with Crippen molar-refractivity contribution in [3.63, 3.8) is 0 Å². The van der Waals surface area contributed by atoms with E-state index < -0.39 is 17.3 Å². The first kappa shape index (κ1) is 17.2. The van der Waals surface area contributed by atoms with Gasteiger partial charge in [0, 0.05) is 20.3 Å². The molecule has 0 heterocycles. The van der Waals surface area contributed by atoms with E-state index in [9.17, 15) is 9.59 Å². The molecular weight excluding hydrogens is 260 g/mol. The van der Waals surface area contributed by atoms with Crippen LogP contribution in [-0.4, -0.2) is 50.8 Å². The van der Waals surface area contributed by atoms with Gasteiger partial charge in [0.25, 0.3) is 0 Å². The zero-order valence-electron chi connectivity index (χ0n) is 10.8. The van der Waals surface area contributed by atoms with Gasteiger partial charge in [-0.1, -0.05) is 0 Å². The van der Waals surface area contributed by atoms with Crippen LogP contribution < -0.4 is 10.6 Å². The molecule has 0 saturated carbocycles. The van der Waals surface area contributed by atoms with Crippen LogP contribution in [0, 0.1) is 0 Å². The maximum atomic E-state index is 11.2. The Bertz CT molecular complexity index is 249. The molecule has 0 spiro atoms. The van der Waals surface area contributed by atoms with E-state index in [4.69, 9.17) is 21.1 Å². The highest BCUT2D eigenvalue weighted by Gasteiger charge is 2.11. The van der Waals surface area contributed by atoms with Gasteiger partial charge in [0.15, 0.2) is 0 Å². The van der Waals surface area contributed by atoms with Crippen molar-refractivity contribution in [2.45, 2.75) is 25.1 Å². The highest BCUT2D eigenvalue weighted by molar-refractivity contribution is 6.31. The molecule has 1 atom stereocenters. The van der Waals surface area contributed by atoms with Crippen molar-refractivity contribution >= 4 is 23.5 Å². The lowest BCUT2D eigenvalue weighted by Crippen LogP contribution is -2.42. The number of amides is 3. The fourth-order valence-electron chi connectivity index (χ4n) is 1.03. The van der Waals surface area contributed by atoms with Gasteiger partial charge in [-0.2, -0.15) is 0 Å². The summed E-state index contributed by atoms with van der Waals surface area (Å²) in [4.78, 5) is 22.2. The van der Waals surface area contributed by atoms with Crippen molar-refractivity contribution in [1.29, 1.82) is 0 Å². The van der Waals surface area contributed by atoms with Gasteiger partial charge in [-0.25, -0.2) is 4.79 Å². The molecule has 0 radical (unpaired) electrons. The number of ether oxygens (including phenoxy) is 2. The number of methoxy groups -OCH3 is 1. The molecule has 0 aliphatic rings. The van der Waals surface area contributed by atoms with Gasteiger partial charge in [-0.05, 0) is 19.8 Å². The van der Waals surface area contributed by atoms with Gasteiger partial charge in [0.2, 0.25) is 5.91 Å². The standard InChI is InChI=1S/C11H21ClN2O4/c1-9(12)10(15)14-11(16)13-5-3-4-6-18-8-7-17-2/h9H,3-8H2,1-2H3,(H2,13,14,15,16). The number of halogens is 1. The van der Waals surface area contributed by atoms with Crippen LogP contribution in [-0.2, 0) is 14.3 Å². The van der Waals surface area contributed by atoms with Crippen molar-refractivity contribution in [1.82, 2.24) is 10.6 Å². The van der Waals surface area contributed by atoms with Crippen LogP contribution in [0.2, 0.25) is 0 Å². The fourth-order valence-corrected chi connectivity index (χ4v) is 1.09. The molecule has 0 bridgehead atoms. The monoisotopic (exact) mass is 280 g/mol. The summed E-state index contributed by atoms with van der Waals surface area (Å²) in [6.07, 6.45) is 1.62. The van der Waals surface area contributed by atoms with Crippen LogP contribution in [0.3, 0.4) is 0 Å². The Morgan fingerprint density at radius 3 is 2.56 bits per heavy atom. The van der Waals surface area contributed by atoms with Gasteiger partial charge in [-0.3, -0.25) is 10.1 Å². The fraction of sp³-hybridized carbons (Fsp3) is 0.818. The number of nitrogens with one attached hydrogen (secondary N) is 2. The molecule has 3 amide bonds. The first-order valence-electron chi connectivity index (χ1n) is 5.87. The van der Waals surface area contributed by atoms with Crippen molar-refractivity contribution in [2.75, 3.05) is 33.5 Å². The van der Waals surface area contributed by atoms with Crippen molar-refractivity contribution in [2.24, 2.45) is 0 Å². The predicted molar refractivity (Wildman–Crippen MR) is 68.8 cm³/mol. The zero-order chi connectivity index (χ0) is 13.8. The summed E-state index contributed by atoms with van der Waals surface area (Å²) in [5, 5.41) is 3.97. The Hall–Kier alpha value is -0.850. The lowest BCUT2D eigenvalue weighted by molar-refractivity contribution is -0.119. The van der Waals surface area contributed by atoms with Crippen LogP contribution >= 0.6 is 11.6 Å². The summed E-state index contributed by atoms with van der Waals surface area (Å²) in [7, 11) is 1.62. The zero-order valence-corrected chi connectivity index (χ0v) is 11.6. The Morgan fingerprint density at radius 1 is 1.22 bits per heavy atom. The van der Waals surface area contributed by atoms with E-state index in [1.807, 2.05) is 0 Å². The molecule has 0 fully saturated rings. The SMILES string of the molecule is COCCOCCCCNC(=O)NC(=O)C(C)Cl. The van der Waals surface area contributed by atoms with E-state index in [1.54, 1.807) is 7.11 Å². The largest absolute Gasteiger partial charge is 0.382 e. The van der Waals surface area contributed by atoms with Crippen molar-refractivity contribution in [3.8, 4) is 0 Å². The topological polar surface area (TPSA) is 76.7 Å². The molecule has 7 heteroatoms. The Labute approximate surface area is 112 Å². The summed E-state index contributed by atoms with van der Waals surface area (Å²) >= 11 is 5.50. The Kier molecular flexibility index (Phi) is 10.7. The molecule has 18 heavy (non-hydrogen) atoms. The average Bonchev–Trinajstić information content (AvgIpc) is 2.32. The molecule has 0 aromatic heterocycles. The van der Waals surface area contributed by atoms with Gasteiger partial charge in [0.05, 0.1) is 13.2 Å². The number of hydrogen-bond donors (Lipinski definition) is 2. The molecule has 6 nitrogen and oxygen atoms in total. The van der Waals surface area contributed by atoms with Crippen LogP contribution in [0.1, 0.15) is 19.8 Å². The number of hydrogen-bond acceptors (Lipinski definition) is 4. The lowest BCUT2D eigenvalue weighted by atomic mass is 10.3. The minimum atomic E-state index is -0.718. The predicted octanol–water partition coefficient (Wildman–Crippen LogP) is 0.883. The molecule has 0 aliphatic carbocycles. The number of carbonyl (C=O) groups excluding carboxylic acids is 2. The molecule has 1 unspecified atom stereocenters. The molecule has 0 aliphatic heterocycles. The highest BCUT2D eigenvalue weighted by atomic mass is 35.5. The first-order chi connectivity index (χ1) is 8.57. The average molecular weight is 281 g/mol. The van der Waals surface area contributed by atoms with E-state index in [1.165, 1.54) is 6.92 Å². The van der Waals surface area contributed by atoms with Gasteiger partial charge in [0.1, 0.15) is 5.38 Å². The van der Waals surface area contributed by atoms with Gasteiger partial charge in [-0.15, -0.1) is 11.6 Å². The highest BCUT2D eigenvalue weighted by Crippen LogP contribution is 1.92. The number of rotatable bonds is 9. The van der Waals surface area contributed by atoms with E-state index in [0.29, 0.717) is 26.4 Å². The molecule has 106 valence electrons. The molecule has 0 rings (SSSR count). The summed E-state index contributed by atoms with van der Waals surface area (Å²) < 4.78 is 10.1. The van der Waals surface area contributed by atoms with E-state index in [2.05, 4.69) is 10.6 Å². The summed E-state index contributed by atoms with van der Waals surface area (Å²) in [5.74, 6) is -0.503. The second kappa shape index (κ2) is 11.3. The molecule has 0 aromatic carbocycles. The minimum absolute atomic E-state index is 0.490. The van der Waals surface area contributed by atoms with E-state index >= 15 is 0 Å². The van der Waals surface area contributed by atoms with Gasteiger partial charge >= 0.3 is 6.03 Å². The van der Waals surface area contributed by atoms with Gasteiger partial charge < -0.3 is 14.8 Å². The minimum Gasteiger partial charge on any atom is -0.382 e. The third-order valence-corrected chi connectivity index (χ3v) is 2.23. The van der Waals surface area contributed by atoms with Crippen LogP contribution in [0.4, 0.5) is 4.79 Å². The Balaban J connectivity index is 3.33. The number of imide groups is 1. The lowest BCUT2D eigenvalue weighted by Gasteiger charge is -2.07. The van der Waals surface area contributed by atoms with E-state index in [0.717, 1.165) is 12.8 Å². The Morgan fingerprint density at radius 2 is 1.94 bits per heavy atom. The summed E-state index contributed by atoms with van der Waals surface area (Å²) in [6.45, 7) is 3.78. The molecule has 0 aromatic rings. The van der Waals surface area contributed by atoms with E-state index in [-0.39, 0.29) is 0 Å². The van der Waals surface area contributed by atoms with Crippen LogP contribution in [0.15, 0.2) is 0 Å². The quantitative estimate of drug-likeness (QED) is 0.486. The number of unbranched alkanes of at least 4 members (excludes halogenated alkanes) is 1. The number of carbonyl (C=O) groups is 2. The molecule has 0 saturated heterocycles. The first-order valence-corrected chi connectivity index (χ1v) is 6.31. The smallest absolute Gasteiger partial charge is 0.321 e.